The summed E-state index contributed by atoms with van der Waals surface area (Å²) < 4.78 is 6.56. The van der Waals surface area contributed by atoms with E-state index in [1.807, 2.05) is 24.3 Å². The molecule has 5 nitrogen and oxygen atoms in total. The van der Waals surface area contributed by atoms with Crippen LogP contribution in [0.5, 0.6) is 11.6 Å². The van der Waals surface area contributed by atoms with Crippen LogP contribution < -0.4 is 10.5 Å². The lowest BCUT2D eigenvalue weighted by atomic mass is 10.2. The van der Waals surface area contributed by atoms with Gasteiger partial charge in [-0.25, -0.2) is 4.98 Å². The average Bonchev–Trinajstić information content (AvgIpc) is 2.38. The van der Waals surface area contributed by atoms with Gasteiger partial charge in [-0.3, -0.25) is 4.98 Å². The summed E-state index contributed by atoms with van der Waals surface area (Å²) in [5.41, 5.74) is 6.42. The van der Waals surface area contributed by atoms with Crippen LogP contribution in [0.25, 0.3) is 10.9 Å². The molecule has 0 bridgehead atoms. The van der Waals surface area contributed by atoms with Crippen molar-refractivity contribution in [2.75, 3.05) is 5.73 Å². The number of rotatable bonds is 2. The third kappa shape index (κ3) is 2.48. The third-order valence-corrected chi connectivity index (χ3v) is 2.91. The van der Waals surface area contributed by atoms with Gasteiger partial charge in [0.05, 0.1) is 17.1 Å². The van der Waals surface area contributed by atoms with Gasteiger partial charge in [0.2, 0.25) is 11.8 Å². The van der Waals surface area contributed by atoms with Crippen LogP contribution in [-0.2, 0) is 0 Å². The number of benzene rings is 1. The number of ether oxygens (including phenoxy) is 1. The first-order valence-electron chi connectivity index (χ1n) is 5.53. The van der Waals surface area contributed by atoms with E-state index in [1.54, 1.807) is 18.5 Å². The second-order valence-electron chi connectivity index (χ2n) is 3.85. The summed E-state index contributed by atoms with van der Waals surface area (Å²) in [6.45, 7) is 0. The lowest BCUT2D eigenvalue weighted by Crippen LogP contribution is -1.98. The van der Waals surface area contributed by atoms with E-state index in [0.717, 1.165) is 15.4 Å². The van der Waals surface area contributed by atoms with E-state index in [1.165, 1.54) is 0 Å². The van der Waals surface area contributed by atoms with Crippen LogP contribution in [0.3, 0.4) is 0 Å². The summed E-state index contributed by atoms with van der Waals surface area (Å²) in [5.74, 6) is 1.18. The summed E-state index contributed by atoms with van der Waals surface area (Å²) in [7, 11) is 0. The van der Waals surface area contributed by atoms with Crippen molar-refractivity contribution in [1.82, 2.24) is 15.0 Å². The molecule has 0 amide bonds. The van der Waals surface area contributed by atoms with Crippen LogP contribution in [0, 0.1) is 0 Å². The molecule has 0 aliphatic rings. The fraction of sp³-hybridized carbons (Fsp3) is 0. The second kappa shape index (κ2) is 4.81. The van der Waals surface area contributed by atoms with Gasteiger partial charge in [-0.2, -0.15) is 4.98 Å². The molecule has 0 radical (unpaired) electrons. The highest BCUT2D eigenvalue weighted by atomic mass is 79.9. The first-order valence-corrected chi connectivity index (χ1v) is 6.32. The minimum absolute atomic E-state index is 0.177. The number of aromatic nitrogens is 3. The van der Waals surface area contributed by atoms with Crippen molar-refractivity contribution >= 4 is 32.8 Å². The summed E-state index contributed by atoms with van der Waals surface area (Å²) >= 11 is 3.34. The van der Waals surface area contributed by atoms with Crippen molar-refractivity contribution in [1.29, 1.82) is 0 Å². The first-order chi connectivity index (χ1) is 9.22. The third-order valence-electron chi connectivity index (χ3n) is 2.48. The van der Waals surface area contributed by atoms with Gasteiger partial charge in [0.1, 0.15) is 5.75 Å². The van der Waals surface area contributed by atoms with Crippen molar-refractivity contribution in [3.8, 4) is 11.6 Å². The van der Waals surface area contributed by atoms with Crippen LogP contribution in [0.1, 0.15) is 0 Å². The summed E-state index contributed by atoms with van der Waals surface area (Å²) in [4.78, 5) is 12.3. The molecule has 2 heterocycles. The van der Waals surface area contributed by atoms with Gasteiger partial charge in [-0.1, -0.05) is 12.1 Å². The Morgan fingerprint density at radius 3 is 2.79 bits per heavy atom. The van der Waals surface area contributed by atoms with E-state index in [-0.39, 0.29) is 5.95 Å². The molecule has 0 atom stereocenters. The second-order valence-corrected chi connectivity index (χ2v) is 4.76. The van der Waals surface area contributed by atoms with Gasteiger partial charge < -0.3 is 10.5 Å². The van der Waals surface area contributed by atoms with Crippen molar-refractivity contribution in [2.45, 2.75) is 0 Å². The van der Waals surface area contributed by atoms with Gasteiger partial charge >= 0.3 is 0 Å². The quantitative estimate of drug-likeness (QED) is 0.786. The van der Waals surface area contributed by atoms with E-state index in [2.05, 4.69) is 30.9 Å². The molecule has 1 aromatic carbocycles. The molecule has 0 fully saturated rings. The smallest absolute Gasteiger partial charge is 0.232 e. The Labute approximate surface area is 117 Å². The number of nitrogens with zero attached hydrogens (tertiary/aromatic N) is 3. The number of nitrogens with two attached hydrogens (primary N) is 1. The summed E-state index contributed by atoms with van der Waals surface area (Å²) in [6, 6.07) is 9.34. The van der Waals surface area contributed by atoms with E-state index in [9.17, 15) is 0 Å². The van der Waals surface area contributed by atoms with Gasteiger partial charge in [0.25, 0.3) is 0 Å². The van der Waals surface area contributed by atoms with Crippen molar-refractivity contribution in [3.63, 3.8) is 0 Å². The summed E-state index contributed by atoms with van der Waals surface area (Å²) in [6.07, 6.45) is 3.29. The Kier molecular flexibility index (Phi) is 3.00. The molecule has 0 aliphatic carbocycles. The van der Waals surface area contributed by atoms with E-state index >= 15 is 0 Å². The van der Waals surface area contributed by atoms with Crippen molar-refractivity contribution in [2.24, 2.45) is 0 Å². The minimum atomic E-state index is 0.177. The first kappa shape index (κ1) is 11.9. The summed E-state index contributed by atoms with van der Waals surface area (Å²) in [5, 5.41) is 0.802. The Morgan fingerprint density at radius 1 is 1.11 bits per heavy atom. The molecule has 3 rings (SSSR count). The Balaban J connectivity index is 2.09. The molecular formula is C13H9BrN4O. The zero-order chi connectivity index (χ0) is 13.2. The topological polar surface area (TPSA) is 73.9 Å². The van der Waals surface area contributed by atoms with E-state index in [0.29, 0.717) is 11.6 Å². The van der Waals surface area contributed by atoms with Gasteiger partial charge in [-0.15, -0.1) is 0 Å². The molecule has 19 heavy (non-hydrogen) atoms. The van der Waals surface area contributed by atoms with Crippen LogP contribution in [-0.4, -0.2) is 15.0 Å². The molecule has 0 unspecified atom stereocenters. The zero-order valence-electron chi connectivity index (χ0n) is 9.75. The standard InChI is InChI=1S/C13H9BrN4O/c14-8-5-9(7-16-6-8)19-12-10-3-1-2-4-11(10)17-13(15)18-12/h1-7H,(H2,15,17,18). The molecule has 3 aromatic rings. The Hall–Kier alpha value is -2.21. The molecule has 0 aliphatic heterocycles. The molecule has 2 N–H and O–H groups in total. The lowest BCUT2D eigenvalue weighted by Gasteiger charge is -2.08. The van der Waals surface area contributed by atoms with Crippen molar-refractivity contribution < 1.29 is 4.74 Å². The monoisotopic (exact) mass is 316 g/mol. The number of hydrogen-bond acceptors (Lipinski definition) is 5. The number of fused-ring (bicyclic) bond motifs is 1. The number of pyridine rings is 1. The number of anilines is 1. The van der Waals surface area contributed by atoms with Crippen LogP contribution in [0.15, 0.2) is 47.2 Å². The highest BCUT2D eigenvalue weighted by Crippen LogP contribution is 2.28. The largest absolute Gasteiger partial charge is 0.437 e. The maximum Gasteiger partial charge on any atom is 0.232 e. The fourth-order valence-corrected chi connectivity index (χ4v) is 2.05. The normalized spacial score (nSPS) is 10.6. The molecule has 6 heteroatoms. The number of halogens is 1. The molecule has 2 aromatic heterocycles. The number of hydrogen-bond donors (Lipinski definition) is 1. The fourth-order valence-electron chi connectivity index (χ4n) is 1.70. The molecule has 0 saturated heterocycles. The van der Waals surface area contributed by atoms with Gasteiger partial charge in [0.15, 0.2) is 0 Å². The van der Waals surface area contributed by atoms with Gasteiger partial charge in [-0.05, 0) is 34.1 Å². The van der Waals surface area contributed by atoms with Crippen LogP contribution >= 0.6 is 15.9 Å². The highest BCUT2D eigenvalue weighted by Gasteiger charge is 2.08. The van der Waals surface area contributed by atoms with Crippen LogP contribution in [0.2, 0.25) is 0 Å². The SMILES string of the molecule is Nc1nc(Oc2cncc(Br)c2)c2ccccc2n1. The molecular weight excluding hydrogens is 308 g/mol. The number of nitrogen functional groups attached to an aromatic ring is 1. The predicted octanol–water partition coefficient (Wildman–Crippen LogP) is 3.16. The van der Waals surface area contributed by atoms with Crippen molar-refractivity contribution in [3.05, 3.63) is 47.2 Å². The molecule has 94 valence electrons. The zero-order valence-corrected chi connectivity index (χ0v) is 11.3. The Morgan fingerprint density at radius 2 is 1.95 bits per heavy atom. The molecule has 0 spiro atoms. The number of para-hydroxylation sites is 1. The highest BCUT2D eigenvalue weighted by molar-refractivity contribution is 9.10. The van der Waals surface area contributed by atoms with E-state index < -0.39 is 0 Å². The maximum atomic E-state index is 5.73. The lowest BCUT2D eigenvalue weighted by molar-refractivity contribution is 0.466. The predicted molar refractivity (Wildman–Crippen MR) is 76.0 cm³/mol. The van der Waals surface area contributed by atoms with Crippen LogP contribution in [0.4, 0.5) is 5.95 Å². The molecule has 0 saturated carbocycles. The Bertz CT molecular complexity index is 748. The minimum Gasteiger partial charge on any atom is -0.437 e. The maximum absolute atomic E-state index is 5.73. The van der Waals surface area contributed by atoms with E-state index in [4.69, 9.17) is 10.5 Å². The average molecular weight is 317 g/mol. The van der Waals surface area contributed by atoms with Gasteiger partial charge in [0, 0.05) is 10.7 Å².